The number of fused-ring (bicyclic) bond motifs is 3. The van der Waals surface area contributed by atoms with Gasteiger partial charge in [-0.1, -0.05) is 78.9 Å². The van der Waals surface area contributed by atoms with E-state index in [0.717, 1.165) is 56.1 Å². The highest BCUT2D eigenvalue weighted by Gasteiger charge is 2.28. The normalized spacial score (nSPS) is 11.3. The minimum atomic E-state index is 0.880. The zero-order chi connectivity index (χ0) is 22.4. The van der Waals surface area contributed by atoms with Crippen molar-refractivity contribution in [3.05, 3.63) is 115 Å². The van der Waals surface area contributed by atoms with Crippen molar-refractivity contribution < 1.29 is 4.57 Å². The smallest absolute Gasteiger partial charge is 0.231 e. The van der Waals surface area contributed by atoms with Crippen LogP contribution in [0.3, 0.4) is 0 Å². The van der Waals surface area contributed by atoms with Crippen LogP contribution in [0, 0.1) is 13.8 Å². The topological polar surface area (TPSA) is 34.1 Å². The van der Waals surface area contributed by atoms with Crippen molar-refractivity contribution in [1.29, 1.82) is 0 Å². The van der Waals surface area contributed by atoms with Crippen LogP contribution in [0.25, 0.3) is 44.8 Å². The Balaban J connectivity index is 1.86. The maximum absolute atomic E-state index is 5.12. The van der Waals surface area contributed by atoms with Gasteiger partial charge in [0.2, 0.25) is 0 Å². The fourth-order valence-electron chi connectivity index (χ4n) is 4.60. The summed E-state index contributed by atoms with van der Waals surface area (Å²) in [7, 11) is 0. The summed E-state index contributed by atoms with van der Waals surface area (Å²) in [6, 6.07) is 35.8. The molecule has 0 N–H and O–H groups in total. The summed E-state index contributed by atoms with van der Waals surface area (Å²) in [4.78, 5) is 4.94. The van der Waals surface area contributed by atoms with Crippen molar-refractivity contribution in [2.45, 2.75) is 13.8 Å². The van der Waals surface area contributed by atoms with Gasteiger partial charge in [-0.3, -0.25) is 0 Å². The SMILES string of the molecule is Cc1cc(C)n2nc3c(c(-c4ccccc4)cc(-c4ccccc4)[n+]3-c3ccccc3)c2n1. The Hall–Kier alpha value is -4.31. The summed E-state index contributed by atoms with van der Waals surface area (Å²) in [5, 5.41) is 6.17. The predicted octanol–water partition coefficient (Wildman–Crippen LogP) is 6.11. The van der Waals surface area contributed by atoms with Crippen LogP contribution < -0.4 is 4.57 Å². The first-order valence-corrected chi connectivity index (χ1v) is 11.1. The van der Waals surface area contributed by atoms with Crippen LogP contribution in [-0.4, -0.2) is 14.6 Å². The number of nitrogens with zero attached hydrogens (tertiary/aromatic N) is 4. The minimum absolute atomic E-state index is 0.880. The van der Waals surface area contributed by atoms with E-state index in [9.17, 15) is 0 Å². The molecule has 4 heteroatoms. The Morgan fingerprint density at radius 1 is 0.697 bits per heavy atom. The lowest BCUT2D eigenvalue weighted by Gasteiger charge is -2.11. The van der Waals surface area contributed by atoms with Gasteiger partial charge >= 0.3 is 5.65 Å². The lowest BCUT2D eigenvalue weighted by atomic mass is 9.99. The van der Waals surface area contributed by atoms with E-state index in [2.05, 4.69) is 102 Å². The predicted molar refractivity (Wildman–Crippen MR) is 132 cm³/mol. The van der Waals surface area contributed by atoms with E-state index in [1.807, 2.05) is 23.6 Å². The van der Waals surface area contributed by atoms with Crippen LogP contribution in [-0.2, 0) is 0 Å². The standard InChI is InChI=1S/C29H23N4/c1-20-18-21(2)33-28(30-20)27-25(22-12-6-3-7-13-22)19-26(23-14-8-4-9-15-23)32(29(27)31-33)24-16-10-5-11-17-24/h3-19H,1-2H3/q+1. The van der Waals surface area contributed by atoms with E-state index in [0.29, 0.717) is 0 Å². The molecular formula is C29H23N4+. The molecule has 6 aromatic rings. The number of hydrogen-bond donors (Lipinski definition) is 0. The molecule has 0 aliphatic rings. The Bertz CT molecular complexity index is 1600. The van der Waals surface area contributed by atoms with Gasteiger partial charge in [0.15, 0.2) is 5.65 Å². The zero-order valence-electron chi connectivity index (χ0n) is 18.6. The second-order valence-corrected chi connectivity index (χ2v) is 8.32. The van der Waals surface area contributed by atoms with E-state index in [-0.39, 0.29) is 0 Å². The number of para-hydroxylation sites is 1. The number of pyridine rings is 1. The fraction of sp³-hybridized carbons (Fsp3) is 0.0690. The van der Waals surface area contributed by atoms with E-state index in [1.54, 1.807) is 0 Å². The van der Waals surface area contributed by atoms with Crippen LogP contribution in [0.2, 0.25) is 0 Å². The highest BCUT2D eigenvalue weighted by Crippen LogP contribution is 2.34. The third kappa shape index (κ3) is 3.19. The average molecular weight is 428 g/mol. The van der Waals surface area contributed by atoms with Crippen LogP contribution in [0.4, 0.5) is 0 Å². The first-order valence-electron chi connectivity index (χ1n) is 11.1. The Labute approximate surface area is 192 Å². The first kappa shape index (κ1) is 19.4. The lowest BCUT2D eigenvalue weighted by molar-refractivity contribution is -0.557. The highest BCUT2D eigenvalue weighted by atomic mass is 15.3. The number of aryl methyl sites for hydroxylation is 2. The van der Waals surface area contributed by atoms with Crippen molar-refractivity contribution in [2.75, 3.05) is 0 Å². The van der Waals surface area contributed by atoms with Gasteiger partial charge in [-0.05, 0) is 43.7 Å². The number of hydrogen-bond acceptors (Lipinski definition) is 2. The summed E-state index contributed by atoms with van der Waals surface area (Å²) < 4.78 is 4.22. The van der Waals surface area contributed by atoms with Gasteiger partial charge in [0, 0.05) is 16.8 Å². The molecule has 0 spiro atoms. The van der Waals surface area contributed by atoms with Gasteiger partial charge in [0.25, 0.3) is 0 Å². The summed E-state index contributed by atoms with van der Waals surface area (Å²) in [6.45, 7) is 4.12. The quantitative estimate of drug-likeness (QED) is 0.319. The first-order chi connectivity index (χ1) is 16.2. The van der Waals surface area contributed by atoms with Crippen LogP contribution >= 0.6 is 0 Å². The molecule has 3 heterocycles. The van der Waals surface area contributed by atoms with Gasteiger partial charge in [0.1, 0.15) is 16.8 Å². The fourth-order valence-corrected chi connectivity index (χ4v) is 4.60. The molecule has 0 saturated heterocycles. The zero-order valence-corrected chi connectivity index (χ0v) is 18.6. The van der Waals surface area contributed by atoms with Crippen molar-refractivity contribution in [3.63, 3.8) is 0 Å². The summed E-state index contributed by atoms with van der Waals surface area (Å²) in [5.74, 6) is 0. The molecule has 0 aliphatic carbocycles. The molecule has 6 rings (SSSR count). The van der Waals surface area contributed by atoms with Gasteiger partial charge in [0.05, 0.1) is 10.8 Å². The monoisotopic (exact) mass is 427 g/mol. The summed E-state index contributed by atoms with van der Waals surface area (Å²) >= 11 is 0. The van der Waals surface area contributed by atoms with Crippen molar-refractivity contribution in [1.82, 2.24) is 14.6 Å². The van der Waals surface area contributed by atoms with Crippen molar-refractivity contribution >= 4 is 16.7 Å². The van der Waals surface area contributed by atoms with Crippen LogP contribution in [0.5, 0.6) is 0 Å². The van der Waals surface area contributed by atoms with Crippen LogP contribution in [0.15, 0.2) is 103 Å². The lowest BCUT2D eigenvalue weighted by Crippen LogP contribution is -2.35. The van der Waals surface area contributed by atoms with E-state index in [1.165, 1.54) is 0 Å². The maximum atomic E-state index is 5.12. The molecule has 0 radical (unpaired) electrons. The molecule has 0 fully saturated rings. The molecule has 0 unspecified atom stereocenters. The second kappa shape index (κ2) is 7.68. The molecule has 3 aromatic heterocycles. The van der Waals surface area contributed by atoms with Crippen LogP contribution in [0.1, 0.15) is 11.4 Å². The third-order valence-corrected chi connectivity index (χ3v) is 6.05. The summed E-state index contributed by atoms with van der Waals surface area (Å²) in [6.07, 6.45) is 0. The highest BCUT2D eigenvalue weighted by molar-refractivity contribution is 6.02. The van der Waals surface area contributed by atoms with Crippen molar-refractivity contribution in [2.24, 2.45) is 0 Å². The van der Waals surface area contributed by atoms with Gasteiger partial charge in [-0.15, -0.1) is 4.52 Å². The van der Waals surface area contributed by atoms with E-state index >= 15 is 0 Å². The number of aromatic nitrogens is 4. The minimum Gasteiger partial charge on any atom is -0.231 e. The summed E-state index contributed by atoms with van der Waals surface area (Å²) in [5.41, 5.74) is 9.39. The Morgan fingerprint density at radius 3 is 1.97 bits per heavy atom. The molecular weight excluding hydrogens is 404 g/mol. The van der Waals surface area contributed by atoms with Gasteiger partial charge < -0.3 is 0 Å². The Morgan fingerprint density at radius 2 is 1.30 bits per heavy atom. The van der Waals surface area contributed by atoms with E-state index < -0.39 is 0 Å². The largest absolute Gasteiger partial charge is 0.366 e. The third-order valence-electron chi connectivity index (χ3n) is 6.05. The molecule has 3 aromatic carbocycles. The van der Waals surface area contributed by atoms with E-state index in [4.69, 9.17) is 10.1 Å². The number of benzene rings is 3. The molecule has 33 heavy (non-hydrogen) atoms. The molecule has 0 atom stereocenters. The number of rotatable bonds is 3. The molecule has 4 nitrogen and oxygen atoms in total. The van der Waals surface area contributed by atoms with Gasteiger partial charge in [-0.25, -0.2) is 4.98 Å². The molecule has 0 aliphatic heterocycles. The average Bonchev–Trinajstić information content (AvgIpc) is 3.24. The molecule has 0 bridgehead atoms. The molecule has 0 saturated carbocycles. The maximum Gasteiger partial charge on any atom is 0.366 e. The van der Waals surface area contributed by atoms with Gasteiger partial charge in [-0.2, -0.15) is 4.57 Å². The van der Waals surface area contributed by atoms with Crippen molar-refractivity contribution in [3.8, 4) is 28.1 Å². The molecule has 0 amide bonds. The molecule has 158 valence electrons. The Kier molecular flexibility index (Phi) is 4.51. The second-order valence-electron chi connectivity index (χ2n) is 8.32.